The van der Waals surface area contributed by atoms with Gasteiger partial charge in [0.15, 0.2) is 0 Å². The van der Waals surface area contributed by atoms with Crippen LogP contribution in [0, 0.1) is 0 Å². The molecule has 2 aliphatic heterocycles. The van der Waals surface area contributed by atoms with Crippen molar-refractivity contribution < 1.29 is 18.0 Å². The number of hydrogen-bond donors (Lipinski definition) is 1. The fourth-order valence-electron chi connectivity index (χ4n) is 4.59. The maximum absolute atomic E-state index is 13.0. The van der Waals surface area contributed by atoms with Gasteiger partial charge >= 0.3 is 6.18 Å². The molecule has 1 N–H and O–H groups in total. The standard InChI is InChI=1S/C26H34F3N3O/c1-3-8-20(25(33)30-22-11-7-10-21(19-22)26(27,28)29)18-24(9-4-2)32-16-12-23(13-17-32)31-14-5-6-15-31/h3,7-11,18-19,23H,4-6,12-17H2,1-2H3,(H,30,33)/b8-3-,20-18+,24-9-. The third-order valence-corrected chi connectivity index (χ3v) is 6.26. The van der Waals surface area contributed by atoms with Gasteiger partial charge in [0.2, 0.25) is 0 Å². The highest BCUT2D eigenvalue weighted by Gasteiger charge is 2.30. The molecule has 180 valence electrons. The summed E-state index contributed by atoms with van der Waals surface area (Å²) in [6.07, 6.45) is 8.57. The summed E-state index contributed by atoms with van der Waals surface area (Å²) in [6.45, 7) is 8.13. The molecular formula is C26H34F3N3O. The molecule has 2 fully saturated rings. The van der Waals surface area contributed by atoms with E-state index in [9.17, 15) is 18.0 Å². The Morgan fingerprint density at radius 2 is 1.85 bits per heavy atom. The lowest BCUT2D eigenvalue weighted by atomic mass is 10.0. The molecule has 1 aromatic carbocycles. The third-order valence-electron chi connectivity index (χ3n) is 6.26. The van der Waals surface area contributed by atoms with Crippen LogP contribution in [0.5, 0.6) is 0 Å². The highest BCUT2D eigenvalue weighted by atomic mass is 19.4. The van der Waals surface area contributed by atoms with Crippen LogP contribution in [-0.2, 0) is 11.0 Å². The van der Waals surface area contributed by atoms with Gasteiger partial charge in [0, 0.05) is 36.1 Å². The Morgan fingerprint density at radius 3 is 2.45 bits per heavy atom. The van der Waals surface area contributed by atoms with Crippen LogP contribution in [0.25, 0.3) is 0 Å². The Balaban J connectivity index is 1.73. The van der Waals surface area contributed by atoms with E-state index in [2.05, 4.69) is 28.1 Å². The van der Waals surface area contributed by atoms with E-state index in [4.69, 9.17) is 0 Å². The van der Waals surface area contributed by atoms with Gasteiger partial charge in [-0.05, 0) is 76.4 Å². The molecule has 0 radical (unpaired) electrons. The molecule has 4 nitrogen and oxygen atoms in total. The Bertz CT molecular complexity index is 890. The van der Waals surface area contributed by atoms with Crippen molar-refractivity contribution in [2.24, 2.45) is 0 Å². The molecule has 7 heteroatoms. The monoisotopic (exact) mass is 461 g/mol. The first-order chi connectivity index (χ1) is 15.8. The van der Waals surface area contributed by atoms with Gasteiger partial charge in [-0.25, -0.2) is 0 Å². The van der Waals surface area contributed by atoms with E-state index >= 15 is 0 Å². The second-order valence-corrected chi connectivity index (χ2v) is 8.63. The van der Waals surface area contributed by atoms with E-state index in [0.717, 1.165) is 50.2 Å². The summed E-state index contributed by atoms with van der Waals surface area (Å²) in [7, 11) is 0. The number of likely N-dealkylation sites (tertiary alicyclic amines) is 2. The predicted molar refractivity (Wildman–Crippen MR) is 127 cm³/mol. The van der Waals surface area contributed by atoms with Crippen LogP contribution in [0.15, 0.2) is 59.8 Å². The zero-order valence-electron chi connectivity index (χ0n) is 19.5. The minimum atomic E-state index is -4.46. The van der Waals surface area contributed by atoms with Gasteiger partial charge in [0.05, 0.1) is 5.56 Å². The number of rotatable bonds is 7. The number of allylic oxidation sites excluding steroid dienone is 3. The van der Waals surface area contributed by atoms with Crippen LogP contribution in [0.2, 0.25) is 0 Å². The van der Waals surface area contributed by atoms with Crippen LogP contribution in [0.1, 0.15) is 51.5 Å². The van der Waals surface area contributed by atoms with Gasteiger partial charge in [-0.2, -0.15) is 13.2 Å². The van der Waals surface area contributed by atoms with Crippen LogP contribution in [-0.4, -0.2) is 47.9 Å². The van der Waals surface area contributed by atoms with Gasteiger partial charge in [-0.3, -0.25) is 4.79 Å². The Kier molecular flexibility index (Phi) is 8.78. The van der Waals surface area contributed by atoms with Crippen molar-refractivity contribution in [2.75, 3.05) is 31.5 Å². The first-order valence-corrected chi connectivity index (χ1v) is 11.8. The molecule has 0 unspecified atom stereocenters. The zero-order valence-corrected chi connectivity index (χ0v) is 19.5. The Morgan fingerprint density at radius 1 is 1.15 bits per heavy atom. The molecule has 0 bridgehead atoms. The number of carbonyl (C=O) groups excluding carboxylic acids is 1. The second kappa shape index (κ2) is 11.5. The number of nitrogens with one attached hydrogen (secondary N) is 1. The summed E-state index contributed by atoms with van der Waals surface area (Å²) in [5.74, 6) is -0.429. The number of anilines is 1. The number of halogens is 3. The van der Waals surface area contributed by atoms with Crippen molar-refractivity contribution in [2.45, 2.75) is 58.2 Å². The van der Waals surface area contributed by atoms with Crippen molar-refractivity contribution >= 4 is 11.6 Å². The van der Waals surface area contributed by atoms with Crippen LogP contribution < -0.4 is 5.32 Å². The number of carbonyl (C=O) groups is 1. The van der Waals surface area contributed by atoms with Gasteiger partial charge in [0.25, 0.3) is 5.91 Å². The molecule has 2 aliphatic rings. The lowest BCUT2D eigenvalue weighted by molar-refractivity contribution is -0.137. The molecular weight excluding hydrogens is 427 g/mol. The summed E-state index contributed by atoms with van der Waals surface area (Å²) in [6, 6.07) is 5.34. The van der Waals surface area contributed by atoms with Crippen molar-refractivity contribution in [1.82, 2.24) is 9.80 Å². The van der Waals surface area contributed by atoms with Crippen LogP contribution >= 0.6 is 0 Å². The minimum absolute atomic E-state index is 0.123. The minimum Gasteiger partial charge on any atom is -0.372 e. The molecule has 2 saturated heterocycles. The molecule has 33 heavy (non-hydrogen) atoms. The van der Waals surface area contributed by atoms with E-state index < -0.39 is 17.6 Å². The first-order valence-electron chi connectivity index (χ1n) is 11.8. The van der Waals surface area contributed by atoms with Crippen LogP contribution in [0.3, 0.4) is 0 Å². The number of piperidine rings is 1. The molecule has 2 heterocycles. The van der Waals surface area contributed by atoms with Gasteiger partial charge in [-0.1, -0.05) is 31.2 Å². The molecule has 1 aromatic rings. The fraction of sp³-hybridized carbons (Fsp3) is 0.500. The average molecular weight is 462 g/mol. The van der Waals surface area contributed by atoms with E-state index in [0.29, 0.717) is 11.6 Å². The summed E-state index contributed by atoms with van der Waals surface area (Å²) in [5, 5.41) is 2.62. The first kappa shape index (κ1) is 25.1. The summed E-state index contributed by atoms with van der Waals surface area (Å²) >= 11 is 0. The molecule has 3 rings (SSSR count). The third kappa shape index (κ3) is 6.97. The molecule has 0 aliphatic carbocycles. The molecule has 0 atom stereocenters. The van der Waals surface area contributed by atoms with E-state index in [1.54, 1.807) is 12.2 Å². The molecule has 0 saturated carbocycles. The highest BCUT2D eigenvalue weighted by Crippen LogP contribution is 2.31. The van der Waals surface area contributed by atoms with E-state index in [-0.39, 0.29) is 5.69 Å². The summed E-state index contributed by atoms with van der Waals surface area (Å²) in [4.78, 5) is 17.9. The van der Waals surface area contributed by atoms with Crippen LogP contribution in [0.4, 0.5) is 18.9 Å². The normalized spacial score (nSPS) is 19.5. The van der Waals surface area contributed by atoms with E-state index in [1.165, 1.54) is 38.1 Å². The number of alkyl halides is 3. The SMILES string of the molecule is C\C=C/C(=C\C(=C\CC)N1CCC(N2CCCC2)CC1)C(=O)Nc1cccc(C(F)(F)F)c1. The lowest BCUT2D eigenvalue weighted by Gasteiger charge is -2.38. The smallest absolute Gasteiger partial charge is 0.372 e. The van der Waals surface area contributed by atoms with Gasteiger partial charge < -0.3 is 15.1 Å². The van der Waals surface area contributed by atoms with Crippen molar-refractivity contribution in [3.05, 3.63) is 65.4 Å². The Hall–Kier alpha value is -2.54. The topological polar surface area (TPSA) is 35.6 Å². The Labute approximate surface area is 194 Å². The largest absolute Gasteiger partial charge is 0.416 e. The lowest BCUT2D eigenvalue weighted by Crippen LogP contribution is -2.43. The maximum atomic E-state index is 13.0. The van der Waals surface area contributed by atoms with Crippen molar-refractivity contribution in [3.63, 3.8) is 0 Å². The van der Waals surface area contributed by atoms with Gasteiger partial charge in [-0.15, -0.1) is 0 Å². The highest BCUT2D eigenvalue weighted by molar-refractivity contribution is 6.06. The van der Waals surface area contributed by atoms with Crippen molar-refractivity contribution in [3.8, 4) is 0 Å². The predicted octanol–water partition coefficient (Wildman–Crippen LogP) is 6.00. The maximum Gasteiger partial charge on any atom is 0.416 e. The second-order valence-electron chi connectivity index (χ2n) is 8.63. The van der Waals surface area contributed by atoms with Gasteiger partial charge in [0.1, 0.15) is 0 Å². The quantitative estimate of drug-likeness (QED) is 0.400. The fourth-order valence-corrected chi connectivity index (χ4v) is 4.59. The number of hydrogen-bond acceptors (Lipinski definition) is 3. The molecule has 0 aromatic heterocycles. The average Bonchev–Trinajstić information content (AvgIpc) is 3.33. The summed E-state index contributed by atoms with van der Waals surface area (Å²) in [5.41, 5.74) is 0.739. The number of nitrogens with zero attached hydrogens (tertiary/aromatic N) is 2. The van der Waals surface area contributed by atoms with Crippen molar-refractivity contribution in [1.29, 1.82) is 0 Å². The number of amides is 1. The molecule has 1 amide bonds. The summed E-state index contributed by atoms with van der Waals surface area (Å²) < 4.78 is 39.1. The van der Waals surface area contributed by atoms with E-state index in [1.807, 2.05) is 13.0 Å². The zero-order chi connectivity index (χ0) is 23.8. The number of benzene rings is 1. The molecule has 0 spiro atoms.